The van der Waals surface area contributed by atoms with Gasteiger partial charge in [0, 0.05) is 10.9 Å². The van der Waals surface area contributed by atoms with E-state index >= 15 is 0 Å². The minimum Gasteiger partial charge on any atom is -0.493 e. The molecule has 0 aliphatic carbocycles. The van der Waals surface area contributed by atoms with E-state index in [0.717, 1.165) is 16.3 Å². The van der Waals surface area contributed by atoms with Gasteiger partial charge in [-0.15, -0.1) is 11.3 Å². The van der Waals surface area contributed by atoms with Crippen LogP contribution in [-0.2, 0) is 11.3 Å². The van der Waals surface area contributed by atoms with Crippen LogP contribution in [0.5, 0.6) is 11.5 Å². The first-order chi connectivity index (χ1) is 9.78. The first-order valence-electron chi connectivity index (χ1n) is 6.07. The number of hydrogen-bond acceptors (Lipinski definition) is 6. The van der Waals surface area contributed by atoms with Crippen LogP contribution in [0, 0.1) is 0 Å². The number of methoxy groups -OCH3 is 1. The molecule has 0 bridgehead atoms. The van der Waals surface area contributed by atoms with E-state index in [1.165, 1.54) is 17.4 Å². The minimum absolute atomic E-state index is 0.258. The van der Waals surface area contributed by atoms with E-state index in [1.54, 1.807) is 7.11 Å². The summed E-state index contributed by atoms with van der Waals surface area (Å²) in [6.45, 7) is 2.75. The fourth-order valence-corrected chi connectivity index (χ4v) is 2.51. The summed E-state index contributed by atoms with van der Waals surface area (Å²) in [6.07, 6.45) is 1.51. The molecule has 0 N–H and O–H groups in total. The lowest BCUT2D eigenvalue weighted by molar-refractivity contribution is 0.311. The van der Waals surface area contributed by atoms with E-state index in [4.69, 9.17) is 9.47 Å². The Kier molecular flexibility index (Phi) is 4.87. The number of hydrogen-bond donors (Lipinski definition) is 0. The number of aromatic nitrogens is 1. The van der Waals surface area contributed by atoms with Crippen LogP contribution in [0.25, 0.3) is 10.6 Å². The lowest BCUT2D eigenvalue weighted by Gasteiger charge is -2.10. The van der Waals surface area contributed by atoms with Gasteiger partial charge in [0.2, 0.25) is 6.08 Å². The van der Waals surface area contributed by atoms with Gasteiger partial charge in [0.05, 0.1) is 26.0 Å². The molecule has 6 heteroatoms. The molecule has 2 rings (SSSR count). The van der Waals surface area contributed by atoms with Gasteiger partial charge in [0.15, 0.2) is 11.5 Å². The molecule has 1 aromatic heterocycles. The first kappa shape index (κ1) is 14.2. The quantitative estimate of drug-likeness (QED) is 0.606. The van der Waals surface area contributed by atoms with Crippen molar-refractivity contribution in [3.05, 3.63) is 29.3 Å². The second-order valence-electron chi connectivity index (χ2n) is 3.85. The molecule has 0 amide bonds. The highest BCUT2D eigenvalue weighted by molar-refractivity contribution is 7.13. The molecule has 1 heterocycles. The van der Waals surface area contributed by atoms with Crippen LogP contribution in [0.1, 0.15) is 12.6 Å². The fraction of sp³-hybridized carbons (Fsp3) is 0.286. The summed E-state index contributed by atoms with van der Waals surface area (Å²) >= 11 is 1.50. The second-order valence-corrected chi connectivity index (χ2v) is 4.71. The predicted molar refractivity (Wildman–Crippen MR) is 77.1 cm³/mol. The van der Waals surface area contributed by atoms with Crippen LogP contribution in [0.2, 0.25) is 0 Å². The van der Waals surface area contributed by atoms with Gasteiger partial charge in [-0.25, -0.2) is 9.78 Å². The summed E-state index contributed by atoms with van der Waals surface area (Å²) in [5, 5.41) is 2.73. The molecule has 5 nitrogen and oxygen atoms in total. The van der Waals surface area contributed by atoms with Crippen molar-refractivity contribution in [2.24, 2.45) is 4.99 Å². The monoisotopic (exact) mass is 290 g/mol. The molecule has 0 spiro atoms. The highest BCUT2D eigenvalue weighted by Gasteiger charge is 2.09. The molecule has 20 heavy (non-hydrogen) atoms. The summed E-state index contributed by atoms with van der Waals surface area (Å²) in [4.78, 5) is 18.0. The zero-order valence-corrected chi connectivity index (χ0v) is 12.1. The molecule has 0 aliphatic heterocycles. The van der Waals surface area contributed by atoms with Crippen molar-refractivity contribution in [2.75, 3.05) is 13.7 Å². The number of benzene rings is 1. The van der Waals surface area contributed by atoms with Crippen molar-refractivity contribution >= 4 is 17.4 Å². The van der Waals surface area contributed by atoms with E-state index in [9.17, 15) is 4.79 Å². The summed E-state index contributed by atoms with van der Waals surface area (Å²) in [7, 11) is 1.61. The Morgan fingerprint density at radius 1 is 1.40 bits per heavy atom. The van der Waals surface area contributed by atoms with Crippen LogP contribution in [-0.4, -0.2) is 24.8 Å². The number of thiazole rings is 1. The van der Waals surface area contributed by atoms with E-state index in [0.29, 0.717) is 18.1 Å². The Bertz CT molecular complexity index is 633. The number of isocyanates is 1. The largest absolute Gasteiger partial charge is 0.493 e. The minimum atomic E-state index is 0.258. The number of nitrogens with zero attached hydrogens (tertiary/aromatic N) is 2. The Morgan fingerprint density at radius 3 is 2.95 bits per heavy atom. The van der Waals surface area contributed by atoms with Crippen molar-refractivity contribution in [2.45, 2.75) is 13.5 Å². The molecule has 0 unspecified atom stereocenters. The van der Waals surface area contributed by atoms with Gasteiger partial charge in [0.1, 0.15) is 5.01 Å². The summed E-state index contributed by atoms with van der Waals surface area (Å²) in [6, 6.07) is 5.67. The SMILES string of the molecule is CCOc1cc(-c2nc(CN=C=O)cs2)ccc1OC. The molecule has 0 atom stereocenters. The summed E-state index contributed by atoms with van der Waals surface area (Å²) in [5.41, 5.74) is 1.70. The Morgan fingerprint density at radius 2 is 2.25 bits per heavy atom. The van der Waals surface area contributed by atoms with Crippen LogP contribution < -0.4 is 9.47 Å². The zero-order valence-electron chi connectivity index (χ0n) is 11.3. The summed E-state index contributed by atoms with van der Waals surface area (Å²) in [5.74, 6) is 1.38. The lowest BCUT2D eigenvalue weighted by Crippen LogP contribution is -1.95. The van der Waals surface area contributed by atoms with Crippen molar-refractivity contribution in [3.8, 4) is 22.1 Å². The van der Waals surface area contributed by atoms with Gasteiger partial charge in [-0.2, -0.15) is 4.99 Å². The third-order valence-corrected chi connectivity index (χ3v) is 3.51. The molecular formula is C14H14N2O3S. The van der Waals surface area contributed by atoms with Crippen molar-refractivity contribution in [1.82, 2.24) is 4.98 Å². The fourth-order valence-electron chi connectivity index (χ4n) is 1.70. The first-order valence-corrected chi connectivity index (χ1v) is 6.95. The third kappa shape index (κ3) is 3.23. The van der Waals surface area contributed by atoms with E-state index in [1.807, 2.05) is 30.5 Å². The molecular weight excluding hydrogens is 276 g/mol. The van der Waals surface area contributed by atoms with Gasteiger partial charge >= 0.3 is 0 Å². The topological polar surface area (TPSA) is 60.8 Å². The molecule has 0 aliphatic rings. The van der Waals surface area contributed by atoms with Gasteiger partial charge in [-0.3, -0.25) is 0 Å². The summed E-state index contributed by atoms with van der Waals surface area (Å²) < 4.78 is 10.8. The van der Waals surface area contributed by atoms with Crippen LogP contribution in [0.3, 0.4) is 0 Å². The molecule has 2 aromatic rings. The maximum Gasteiger partial charge on any atom is 0.235 e. The molecule has 1 aromatic carbocycles. The van der Waals surface area contributed by atoms with Gasteiger partial charge in [-0.05, 0) is 25.1 Å². The molecule has 0 saturated heterocycles. The normalized spacial score (nSPS) is 9.90. The average Bonchev–Trinajstić information content (AvgIpc) is 2.94. The van der Waals surface area contributed by atoms with Gasteiger partial charge in [0.25, 0.3) is 0 Å². The molecule has 0 saturated carbocycles. The molecule has 104 valence electrons. The maximum absolute atomic E-state index is 10.1. The van der Waals surface area contributed by atoms with Crippen LogP contribution >= 0.6 is 11.3 Å². The maximum atomic E-state index is 10.1. The second kappa shape index (κ2) is 6.84. The smallest absolute Gasteiger partial charge is 0.235 e. The lowest BCUT2D eigenvalue weighted by atomic mass is 10.2. The van der Waals surface area contributed by atoms with Gasteiger partial charge < -0.3 is 9.47 Å². The highest BCUT2D eigenvalue weighted by atomic mass is 32.1. The highest BCUT2D eigenvalue weighted by Crippen LogP contribution is 2.33. The average molecular weight is 290 g/mol. The van der Waals surface area contributed by atoms with Crippen molar-refractivity contribution < 1.29 is 14.3 Å². The number of aliphatic imine (C=N–C) groups is 1. The van der Waals surface area contributed by atoms with E-state index < -0.39 is 0 Å². The third-order valence-electron chi connectivity index (χ3n) is 2.57. The standard InChI is InChI=1S/C14H14N2O3S/c1-3-19-13-6-10(4-5-12(13)18-2)14-16-11(8-20-14)7-15-9-17/h4-6,8H,3,7H2,1-2H3. The number of ether oxygens (including phenoxy) is 2. The Labute approximate surface area is 120 Å². The van der Waals surface area contributed by atoms with Gasteiger partial charge in [-0.1, -0.05) is 0 Å². The van der Waals surface area contributed by atoms with E-state index in [2.05, 4.69) is 9.98 Å². The van der Waals surface area contributed by atoms with E-state index in [-0.39, 0.29) is 6.54 Å². The van der Waals surface area contributed by atoms with Crippen LogP contribution in [0.4, 0.5) is 0 Å². The zero-order chi connectivity index (χ0) is 14.4. The molecule has 0 radical (unpaired) electrons. The van der Waals surface area contributed by atoms with Crippen molar-refractivity contribution in [1.29, 1.82) is 0 Å². The number of rotatable bonds is 6. The van der Waals surface area contributed by atoms with Crippen LogP contribution in [0.15, 0.2) is 28.6 Å². The molecule has 0 fully saturated rings. The Hall–Kier alpha value is -2.17. The Balaban J connectivity index is 2.29. The number of carbonyl (C=O) groups excluding carboxylic acids is 1. The predicted octanol–water partition coefficient (Wildman–Crippen LogP) is 3.05. The van der Waals surface area contributed by atoms with Crippen molar-refractivity contribution in [3.63, 3.8) is 0 Å².